The molecule has 1 aromatic carbocycles. The number of cyclic esters (lactones) is 2. The van der Waals surface area contributed by atoms with Gasteiger partial charge in [0.25, 0.3) is 5.91 Å². The molecule has 6 amide bonds. The van der Waals surface area contributed by atoms with Gasteiger partial charge in [0.1, 0.15) is 36.4 Å². The molecule has 4 N–H and O–H groups in total. The molecule has 0 saturated carbocycles. The summed E-state index contributed by atoms with van der Waals surface area (Å²) in [5, 5.41) is 11.8. The van der Waals surface area contributed by atoms with Crippen molar-refractivity contribution in [3.8, 4) is 0 Å². The number of unbranched alkanes of at least 4 members (excludes halogenated alkanes) is 9. The third kappa shape index (κ3) is 23.9. The number of rotatable bonds is 21. The molecule has 0 aromatic heterocycles. The van der Waals surface area contributed by atoms with E-state index < -0.39 is 108 Å². The van der Waals surface area contributed by atoms with E-state index in [9.17, 15) is 38.4 Å². The fraction of sp³-hybridized carbons (Fsp3) is 0.695. The zero-order valence-electron chi connectivity index (χ0n) is 49.5. The van der Waals surface area contributed by atoms with Crippen molar-refractivity contribution in [1.82, 2.24) is 36.0 Å². The molecule has 2 rings (SSSR count). The van der Waals surface area contributed by atoms with E-state index in [0.717, 1.165) is 37.1 Å². The van der Waals surface area contributed by atoms with Crippen LogP contribution in [0.2, 0.25) is 5.02 Å². The summed E-state index contributed by atoms with van der Waals surface area (Å²) in [7, 11) is 6.47. The molecule has 0 radical (unpaired) electrons. The molecule has 0 spiro atoms. The second-order valence-electron chi connectivity index (χ2n) is 21.8. The van der Waals surface area contributed by atoms with Crippen molar-refractivity contribution in [2.75, 3.05) is 47.8 Å². The number of esters is 2. The van der Waals surface area contributed by atoms with Gasteiger partial charge in [0.05, 0.1) is 6.54 Å². The molecule has 0 saturated heterocycles. The number of hydrogen-bond donors (Lipinski definition) is 4. The molecule has 0 fully saturated rings. The number of benzene rings is 1. The highest BCUT2D eigenvalue weighted by Crippen LogP contribution is 2.27. The maximum Gasteiger partial charge on any atom is 0.409 e. The van der Waals surface area contributed by atoms with E-state index in [-0.39, 0.29) is 30.8 Å². The molecular weight excluding hydrogens is 1020 g/mol. The van der Waals surface area contributed by atoms with Crippen LogP contribution >= 0.6 is 11.6 Å². The lowest BCUT2D eigenvalue weighted by Crippen LogP contribution is -2.57. The van der Waals surface area contributed by atoms with Gasteiger partial charge >= 0.3 is 18.0 Å². The Balaban J connectivity index is 2.59. The van der Waals surface area contributed by atoms with Gasteiger partial charge in [0.15, 0.2) is 6.10 Å². The lowest BCUT2D eigenvalue weighted by atomic mass is 9.90. The normalized spacial score (nSPS) is 24.6. The largest absolute Gasteiger partial charge is 0.456 e. The summed E-state index contributed by atoms with van der Waals surface area (Å²) in [4.78, 5) is 116. The highest BCUT2D eigenvalue weighted by atomic mass is 35.5. The van der Waals surface area contributed by atoms with Crippen LogP contribution in [-0.4, -0.2) is 153 Å². The Morgan fingerprint density at radius 2 is 1.42 bits per heavy atom. The molecule has 18 nitrogen and oxygen atoms in total. The van der Waals surface area contributed by atoms with Crippen molar-refractivity contribution in [2.45, 2.75) is 202 Å². The van der Waals surface area contributed by atoms with E-state index in [2.05, 4.69) is 21.3 Å². The topological polar surface area (TPSA) is 222 Å². The predicted octanol–water partition coefficient (Wildman–Crippen LogP) is 8.09. The van der Waals surface area contributed by atoms with Crippen molar-refractivity contribution < 1.29 is 52.6 Å². The van der Waals surface area contributed by atoms with Gasteiger partial charge in [-0.05, 0) is 103 Å². The summed E-state index contributed by atoms with van der Waals surface area (Å²) in [5.74, 6) is -6.16. The van der Waals surface area contributed by atoms with Crippen LogP contribution in [0.3, 0.4) is 0 Å². The van der Waals surface area contributed by atoms with Gasteiger partial charge in [-0.25, -0.2) is 14.4 Å². The van der Waals surface area contributed by atoms with Gasteiger partial charge < -0.3 is 50.2 Å². The number of nitrogens with one attached hydrogen (secondary N) is 4. The van der Waals surface area contributed by atoms with Crippen LogP contribution in [-0.2, 0) is 54.2 Å². The number of carbonyl (C=O) groups is 8. The van der Waals surface area contributed by atoms with Gasteiger partial charge in [-0.3, -0.25) is 24.0 Å². The van der Waals surface area contributed by atoms with Crippen LogP contribution < -0.4 is 21.3 Å². The molecule has 1 aliphatic heterocycles. The van der Waals surface area contributed by atoms with E-state index in [1.165, 1.54) is 83.2 Å². The molecule has 0 bridgehead atoms. The highest BCUT2D eigenvalue weighted by molar-refractivity contribution is 6.30. The Morgan fingerprint density at radius 3 is 1.99 bits per heavy atom. The molecule has 0 unspecified atom stereocenters. The van der Waals surface area contributed by atoms with Crippen molar-refractivity contribution in [3.05, 3.63) is 58.1 Å². The van der Waals surface area contributed by atoms with Gasteiger partial charge in [-0.15, -0.1) is 0 Å². The summed E-state index contributed by atoms with van der Waals surface area (Å²) in [6.45, 7) is 18.1. The van der Waals surface area contributed by atoms with Crippen LogP contribution in [0.1, 0.15) is 158 Å². The van der Waals surface area contributed by atoms with E-state index in [0.29, 0.717) is 29.1 Å². The predicted molar refractivity (Wildman–Crippen MR) is 305 cm³/mol. The van der Waals surface area contributed by atoms with Crippen LogP contribution in [0.15, 0.2) is 47.6 Å². The number of likely N-dealkylation sites (N-methyl/N-ethyl adjacent to an activating group) is 2. The van der Waals surface area contributed by atoms with E-state index >= 15 is 0 Å². The molecule has 78 heavy (non-hydrogen) atoms. The summed E-state index contributed by atoms with van der Waals surface area (Å²) in [6.07, 6.45) is 11.3. The Kier molecular flexibility index (Phi) is 31.6. The van der Waals surface area contributed by atoms with E-state index in [1.54, 1.807) is 71.2 Å². The summed E-state index contributed by atoms with van der Waals surface area (Å²) in [5.41, 5.74) is 1.40. The monoisotopic (exact) mass is 1110 g/mol. The number of carbonyl (C=O) groups excluding carboxylic acids is 8. The van der Waals surface area contributed by atoms with Gasteiger partial charge in [0.2, 0.25) is 23.6 Å². The first-order valence-electron chi connectivity index (χ1n) is 28.3. The van der Waals surface area contributed by atoms with E-state index in [1.807, 2.05) is 27.8 Å². The van der Waals surface area contributed by atoms with Crippen molar-refractivity contribution >= 4 is 59.2 Å². The average Bonchev–Trinajstić information content (AvgIpc) is 3.40. The first-order chi connectivity index (χ1) is 36.9. The molecular formula is C59H96ClN7O11. The lowest BCUT2D eigenvalue weighted by molar-refractivity contribution is -0.155. The summed E-state index contributed by atoms with van der Waals surface area (Å²) < 4.78 is 18.2. The number of nitrogens with zero attached hydrogens (tertiary/aromatic N) is 3. The number of amides is 6. The van der Waals surface area contributed by atoms with Crippen LogP contribution in [0.4, 0.5) is 4.79 Å². The minimum Gasteiger partial charge on any atom is -0.456 e. The van der Waals surface area contributed by atoms with Crippen LogP contribution in [0.25, 0.3) is 0 Å². The number of halogens is 1. The quantitative estimate of drug-likeness (QED) is 0.0397. The Hall–Kier alpha value is -5.49. The average molecular weight is 1110 g/mol. The summed E-state index contributed by atoms with van der Waals surface area (Å²) in [6, 6.07) is 2.01. The zero-order valence-corrected chi connectivity index (χ0v) is 50.2. The van der Waals surface area contributed by atoms with Crippen LogP contribution in [0.5, 0.6) is 0 Å². The standard InChI is InChI=1S/C59H96ClN7O11/c1-15-39(5)51-54(70)63-44(10)58(74)78-52(40(6)16-2)42(8)48(77-59(75)65(12)34-26-24-22-20-18-17-19-21-23-25-33-61-11)32-27-41(7)57(73)76-49(35-38(3)4)53(69)62-43(9)55(71)67(14)47(36-45-28-30-46(60)31-29-45)56(72)66(13)37-50(68)64-51/h16,27-31,38-39,42-44,47-49,51-52,61H,15,17-26,32-37H2,1-14H3,(H,62,69)(H,63,70)(H,64,68)/b40-16+,41-27+/t39-,42+,43+,44-,47-,48+,49-,51+,52-/m1/s1. The Bertz CT molecular complexity index is 2150. The second-order valence-corrected chi connectivity index (χ2v) is 22.2. The fourth-order valence-corrected chi connectivity index (χ4v) is 9.20. The Morgan fingerprint density at radius 1 is 0.846 bits per heavy atom. The second kappa shape index (κ2) is 35.9. The number of ether oxygens (including phenoxy) is 3. The van der Waals surface area contributed by atoms with E-state index in [4.69, 9.17) is 25.8 Å². The van der Waals surface area contributed by atoms with Crippen LogP contribution in [0, 0.1) is 17.8 Å². The maximum absolute atomic E-state index is 14.4. The first kappa shape index (κ1) is 68.6. The van der Waals surface area contributed by atoms with Gasteiger partial charge in [-0.2, -0.15) is 0 Å². The maximum atomic E-state index is 14.4. The lowest BCUT2D eigenvalue weighted by Gasteiger charge is -2.33. The number of hydrogen-bond acceptors (Lipinski definition) is 12. The molecule has 440 valence electrons. The third-order valence-corrected chi connectivity index (χ3v) is 14.9. The fourth-order valence-electron chi connectivity index (χ4n) is 9.07. The Labute approximate surface area is 471 Å². The minimum atomic E-state index is -1.32. The van der Waals surface area contributed by atoms with Crippen molar-refractivity contribution in [1.29, 1.82) is 0 Å². The van der Waals surface area contributed by atoms with Crippen molar-refractivity contribution in [3.63, 3.8) is 0 Å². The number of allylic oxidation sites excluding steroid dienone is 1. The smallest absolute Gasteiger partial charge is 0.409 e. The highest BCUT2D eigenvalue weighted by Gasteiger charge is 2.38. The molecule has 1 aromatic rings. The zero-order chi connectivity index (χ0) is 58.6. The summed E-state index contributed by atoms with van der Waals surface area (Å²) >= 11 is 6.17. The third-order valence-electron chi connectivity index (χ3n) is 14.6. The van der Waals surface area contributed by atoms with Gasteiger partial charge in [0, 0.05) is 57.0 Å². The SMILES string of the molecule is C/C=C(\C)[C@H]1OC(=O)[C@@H](C)NC(=O)[C@H]([C@H](C)CC)NC(=O)CN(C)C(=O)[C@@H](Cc2ccc(Cl)cc2)N(C)C(=O)[C@H](C)NC(=O)[C@@H](CC(C)C)OC(=O)/C(C)=C/C[C@H](OC(=O)N(C)CCCCCCCCCCCCNC)[C@@H]1C. The molecule has 0 aliphatic carbocycles. The van der Waals surface area contributed by atoms with Gasteiger partial charge in [-0.1, -0.05) is 128 Å². The van der Waals surface area contributed by atoms with Crippen molar-refractivity contribution in [2.24, 2.45) is 17.8 Å². The molecule has 1 heterocycles. The first-order valence-corrected chi connectivity index (χ1v) is 28.7. The molecule has 9 atom stereocenters. The molecule has 19 heteroatoms. The molecule has 1 aliphatic rings. The minimum absolute atomic E-state index is 0.0122.